The molecule has 1 aliphatic rings. The van der Waals surface area contributed by atoms with E-state index in [1.165, 1.54) is 6.42 Å². The molecule has 0 aliphatic heterocycles. The number of carbonyl (C=O) groups is 1. The molecule has 1 aromatic heterocycles. The van der Waals surface area contributed by atoms with Gasteiger partial charge in [0, 0.05) is 18.6 Å². The van der Waals surface area contributed by atoms with Crippen molar-refractivity contribution >= 4 is 27.6 Å². The summed E-state index contributed by atoms with van der Waals surface area (Å²) in [6.45, 7) is 0.130. The molecule has 0 bridgehead atoms. The molecule has 1 saturated carbocycles. The highest BCUT2D eigenvalue weighted by Crippen LogP contribution is 2.23. The van der Waals surface area contributed by atoms with Gasteiger partial charge in [-0.25, -0.2) is 9.78 Å². The van der Waals surface area contributed by atoms with E-state index in [1.807, 2.05) is 0 Å². The second-order valence-corrected chi connectivity index (χ2v) is 5.97. The molecule has 0 aromatic carbocycles. The number of hydrogen-bond acceptors (Lipinski definition) is 3. The van der Waals surface area contributed by atoms with Crippen LogP contribution in [-0.2, 0) is 0 Å². The summed E-state index contributed by atoms with van der Waals surface area (Å²) < 4.78 is 0.729. The number of anilines is 1. The summed E-state index contributed by atoms with van der Waals surface area (Å²) in [5.41, 5.74) is 0.653. The van der Waals surface area contributed by atoms with E-state index in [0.29, 0.717) is 5.69 Å². The molecule has 110 valence electrons. The van der Waals surface area contributed by atoms with Crippen molar-refractivity contribution in [3.8, 4) is 0 Å². The average Bonchev–Trinajstić information content (AvgIpc) is 2.66. The minimum atomic E-state index is -0.237. The van der Waals surface area contributed by atoms with Gasteiger partial charge in [0.15, 0.2) is 0 Å². The number of aromatic nitrogens is 1. The fourth-order valence-electron chi connectivity index (χ4n) is 2.58. The number of aliphatic hydroxyl groups is 1. The number of pyridine rings is 1. The Hall–Kier alpha value is -1.14. The summed E-state index contributed by atoms with van der Waals surface area (Å²) in [7, 11) is 0. The molecule has 1 aliphatic carbocycles. The van der Waals surface area contributed by atoms with E-state index >= 15 is 0 Å². The van der Waals surface area contributed by atoms with Crippen LogP contribution in [-0.4, -0.2) is 28.8 Å². The van der Waals surface area contributed by atoms with Crippen LogP contribution in [0.5, 0.6) is 0 Å². The monoisotopic (exact) mass is 341 g/mol. The largest absolute Gasteiger partial charge is 0.396 e. The lowest BCUT2D eigenvalue weighted by atomic mass is 9.96. The molecular weight excluding hydrogens is 322 g/mol. The van der Waals surface area contributed by atoms with Crippen molar-refractivity contribution in [2.75, 3.05) is 11.9 Å². The molecule has 2 amide bonds. The zero-order valence-electron chi connectivity index (χ0n) is 11.3. The smallest absolute Gasteiger partial charge is 0.319 e. The highest BCUT2D eigenvalue weighted by Gasteiger charge is 2.24. The zero-order valence-corrected chi connectivity index (χ0v) is 12.9. The molecule has 2 atom stereocenters. The maximum Gasteiger partial charge on any atom is 0.319 e. The summed E-state index contributed by atoms with van der Waals surface area (Å²) in [6.07, 6.45) is 6.90. The van der Waals surface area contributed by atoms with Gasteiger partial charge in [0.2, 0.25) is 0 Å². The first-order valence-corrected chi connectivity index (χ1v) is 7.78. The lowest BCUT2D eigenvalue weighted by molar-refractivity contribution is 0.182. The Labute approximate surface area is 127 Å². The van der Waals surface area contributed by atoms with Gasteiger partial charge >= 0.3 is 6.03 Å². The molecule has 6 heteroatoms. The Morgan fingerprint density at radius 3 is 2.85 bits per heavy atom. The third-order valence-electron chi connectivity index (χ3n) is 3.70. The highest BCUT2D eigenvalue weighted by molar-refractivity contribution is 9.10. The quantitative estimate of drug-likeness (QED) is 0.584. The predicted molar refractivity (Wildman–Crippen MR) is 81.5 cm³/mol. The van der Waals surface area contributed by atoms with Gasteiger partial charge in [0.05, 0.1) is 11.9 Å². The molecule has 0 spiro atoms. The number of nitrogens with one attached hydrogen (secondary N) is 2. The Morgan fingerprint density at radius 2 is 2.15 bits per heavy atom. The molecule has 0 saturated heterocycles. The topological polar surface area (TPSA) is 74.2 Å². The second kappa shape index (κ2) is 7.59. The lowest BCUT2D eigenvalue weighted by Crippen LogP contribution is -2.43. The van der Waals surface area contributed by atoms with Crippen LogP contribution in [0.4, 0.5) is 10.5 Å². The van der Waals surface area contributed by atoms with Crippen LogP contribution in [0, 0.1) is 5.92 Å². The van der Waals surface area contributed by atoms with Gasteiger partial charge in [-0.05, 0) is 40.9 Å². The van der Waals surface area contributed by atoms with E-state index in [1.54, 1.807) is 18.3 Å². The molecule has 1 fully saturated rings. The molecule has 0 radical (unpaired) electrons. The number of carbonyl (C=O) groups excluding carboxylic acids is 1. The molecule has 2 rings (SSSR count). The molecule has 2 unspecified atom stereocenters. The van der Waals surface area contributed by atoms with Crippen molar-refractivity contribution in [1.82, 2.24) is 10.3 Å². The number of amides is 2. The first kappa shape index (κ1) is 15.3. The van der Waals surface area contributed by atoms with Crippen molar-refractivity contribution in [2.24, 2.45) is 5.92 Å². The molecular formula is C14H20BrN3O2. The number of hydrogen-bond donors (Lipinski definition) is 3. The molecule has 3 N–H and O–H groups in total. The maximum atomic E-state index is 12.0. The van der Waals surface area contributed by atoms with Gasteiger partial charge in [-0.1, -0.05) is 19.3 Å². The molecule has 1 heterocycles. The Morgan fingerprint density at radius 1 is 1.35 bits per heavy atom. The molecule has 1 aromatic rings. The summed E-state index contributed by atoms with van der Waals surface area (Å²) in [5.74, 6) is 0.159. The number of aliphatic hydroxyl groups excluding tert-OH is 1. The summed E-state index contributed by atoms with van der Waals surface area (Å²) >= 11 is 3.25. The third-order valence-corrected chi connectivity index (χ3v) is 4.16. The molecule has 5 nitrogen and oxygen atoms in total. The van der Waals surface area contributed by atoms with E-state index < -0.39 is 0 Å². The van der Waals surface area contributed by atoms with Crippen molar-refractivity contribution in [3.63, 3.8) is 0 Å². The fourth-order valence-corrected chi connectivity index (χ4v) is 2.81. The second-order valence-electron chi connectivity index (χ2n) is 5.16. The molecule has 20 heavy (non-hydrogen) atoms. The van der Waals surface area contributed by atoms with Crippen LogP contribution >= 0.6 is 15.9 Å². The normalized spacial score (nSPS) is 22.9. The summed E-state index contributed by atoms with van der Waals surface area (Å²) in [6, 6.07) is 3.37. The van der Waals surface area contributed by atoms with Crippen molar-refractivity contribution in [2.45, 2.75) is 38.1 Å². The van der Waals surface area contributed by atoms with Gasteiger partial charge in [0.1, 0.15) is 4.60 Å². The van der Waals surface area contributed by atoms with Gasteiger partial charge in [-0.3, -0.25) is 0 Å². The van der Waals surface area contributed by atoms with Crippen molar-refractivity contribution in [1.29, 1.82) is 0 Å². The third kappa shape index (κ3) is 4.45. The minimum absolute atomic E-state index is 0.0471. The zero-order chi connectivity index (χ0) is 14.4. The first-order chi connectivity index (χ1) is 9.69. The van der Waals surface area contributed by atoms with Gasteiger partial charge in [0.25, 0.3) is 0 Å². The summed E-state index contributed by atoms with van der Waals surface area (Å²) in [5, 5.41) is 15.2. The Balaban J connectivity index is 1.90. The van der Waals surface area contributed by atoms with Crippen LogP contribution < -0.4 is 10.6 Å². The summed E-state index contributed by atoms with van der Waals surface area (Å²) in [4.78, 5) is 16.1. The standard InChI is InChI=1S/C14H20BrN3O2/c15-13-7-6-11(8-16-13)17-14(20)18-12-5-3-1-2-4-10(12)9-19/h6-8,10,12,19H,1-5,9H2,(H2,17,18,20). The number of urea groups is 1. The van der Waals surface area contributed by atoms with E-state index in [9.17, 15) is 9.90 Å². The van der Waals surface area contributed by atoms with Gasteiger partial charge < -0.3 is 15.7 Å². The van der Waals surface area contributed by atoms with Crippen molar-refractivity contribution < 1.29 is 9.90 Å². The predicted octanol–water partition coefficient (Wildman–Crippen LogP) is 2.91. The SMILES string of the molecule is O=C(Nc1ccc(Br)nc1)NC1CCCCCC1CO. The van der Waals surface area contributed by atoms with Gasteiger partial charge in [-0.15, -0.1) is 0 Å². The average molecular weight is 342 g/mol. The van der Waals surface area contributed by atoms with Gasteiger partial charge in [-0.2, -0.15) is 0 Å². The van der Waals surface area contributed by atoms with Crippen LogP contribution in [0.3, 0.4) is 0 Å². The van der Waals surface area contributed by atoms with Crippen molar-refractivity contribution in [3.05, 3.63) is 22.9 Å². The Kier molecular flexibility index (Phi) is 5.79. The number of rotatable bonds is 3. The fraction of sp³-hybridized carbons (Fsp3) is 0.571. The maximum absolute atomic E-state index is 12.0. The highest BCUT2D eigenvalue weighted by atomic mass is 79.9. The van der Waals surface area contributed by atoms with Crippen LogP contribution in [0.1, 0.15) is 32.1 Å². The lowest BCUT2D eigenvalue weighted by Gasteiger charge is -2.24. The number of halogens is 1. The number of nitrogens with zero attached hydrogens (tertiary/aromatic N) is 1. The van der Waals surface area contributed by atoms with E-state index in [-0.39, 0.29) is 24.6 Å². The Bertz CT molecular complexity index is 439. The van der Waals surface area contributed by atoms with Crippen LogP contribution in [0.2, 0.25) is 0 Å². The van der Waals surface area contributed by atoms with E-state index in [0.717, 1.165) is 30.3 Å². The van der Waals surface area contributed by atoms with Crippen LogP contribution in [0.25, 0.3) is 0 Å². The van der Waals surface area contributed by atoms with E-state index in [2.05, 4.69) is 31.5 Å². The van der Waals surface area contributed by atoms with Crippen LogP contribution in [0.15, 0.2) is 22.9 Å². The minimum Gasteiger partial charge on any atom is -0.396 e. The first-order valence-electron chi connectivity index (χ1n) is 6.99. The van der Waals surface area contributed by atoms with E-state index in [4.69, 9.17) is 0 Å².